The third-order valence-corrected chi connectivity index (χ3v) is 3.90. The molecule has 1 aliphatic heterocycles. The molecule has 1 aromatic rings. The minimum Gasteiger partial charge on any atom is -0.453 e. The van der Waals surface area contributed by atoms with Crippen LogP contribution in [-0.4, -0.2) is 26.3 Å². The summed E-state index contributed by atoms with van der Waals surface area (Å²) in [7, 11) is 1.38. The van der Waals surface area contributed by atoms with Crippen LogP contribution in [0.15, 0.2) is 24.3 Å². The summed E-state index contributed by atoms with van der Waals surface area (Å²) < 4.78 is 4.72. The second-order valence-electron chi connectivity index (χ2n) is 4.72. The summed E-state index contributed by atoms with van der Waals surface area (Å²) >= 11 is 6.26. The monoisotopic (exact) mass is 282 g/mol. The van der Waals surface area contributed by atoms with Crippen molar-refractivity contribution in [3.05, 3.63) is 34.9 Å². The van der Waals surface area contributed by atoms with Gasteiger partial charge in [-0.2, -0.15) is 0 Å². The van der Waals surface area contributed by atoms with Crippen LogP contribution >= 0.6 is 11.6 Å². The van der Waals surface area contributed by atoms with E-state index in [1.165, 1.54) is 7.11 Å². The Balaban J connectivity index is 2.22. The van der Waals surface area contributed by atoms with Gasteiger partial charge in [-0.05, 0) is 43.5 Å². The molecule has 2 rings (SSSR count). The Morgan fingerprint density at radius 2 is 2.11 bits per heavy atom. The predicted molar refractivity (Wildman–Crippen MR) is 75.3 cm³/mol. The highest BCUT2D eigenvalue weighted by atomic mass is 35.5. The van der Waals surface area contributed by atoms with Crippen LogP contribution in [0.25, 0.3) is 0 Å². The summed E-state index contributed by atoms with van der Waals surface area (Å²) in [5.41, 5.74) is 0.960. The van der Waals surface area contributed by atoms with E-state index < -0.39 is 6.09 Å². The number of rotatable bonds is 3. The van der Waals surface area contributed by atoms with Crippen molar-refractivity contribution in [2.24, 2.45) is 5.92 Å². The molecule has 2 N–H and O–H groups in total. The van der Waals surface area contributed by atoms with Gasteiger partial charge in [0.2, 0.25) is 0 Å². The van der Waals surface area contributed by atoms with E-state index in [4.69, 9.17) is 16.3 Å². The standard InChI is InChI=1S/C14H19ClN2O2/c1-19-14(18)17-13(10-6-8-16-9-7-10)11-4-2-3-5-12(11)15/h2-5,10,13,16H,6-9H2,1H3,(H,17,18). The molecule has 1 aliphatic rings. The van der Waals surface area contributed by atoms with E-state index in [2.05, 4.69) is 10.6 Å². The zero-order chi connectivity index (χ0) is 13.7. The summed E-state index contributed by atoms with van der Waals surface area (Å²) in [5, 5.41) is 6.93. The van der Waals surface area contributed by atoms with Crippen molar-refractivity contribution >= 4 is 17.7 Å². The molecule has 0 saturated carbocycles. The molecule has 5 heteroatoms. The minimum atomic E-state index is -0.413. The molecule has 1 aromatic carbocycles. The minimum absolute atomic E-state index is 0.0942. The third kappa shape index (κ3) is 3.61. The van der Waals surface area contributed by atoms with Crippen molar-refractivity contribution in [1.82, 2.24) is 10.6 Å². The molecule has 4 nitrogen and oxygen atoms in total. The summed E-state index contributed by atoms with van der Waals surface area (Å²) in [6.45, 7) is 1.93. The number of benzene rings is 1. The maximum absolute atomic E-state index is 11.6. The van der Waals surface area contributed by atoms with Gasteiger partial charge < -0.3 is 15.4 Å². The van der Waals surface area contributed by atoms with Crippen LogP contribution in [0, 0.1) is 5.92 Å². The van der Waals surface area contributed by atoms with Crippen LogP contribution in [0.5, 0.6) is 0 Å². The number of halogens is 1. The lowest BCUT2D eigenvalue weighted by Gasteiger charge is -2.31. The number of carbonyl (C=O) groups is 1. The molecule has 0 spiro atoms. The van der Waals surface area contributed by atoms with Crippen molar-refractivity contribution in [3.8, 4) is 0 Å². The fourth-order valence-corrected chi connectivity index (χ4v) is 2.79. The zero-order valence-corrected chi connectivity index (χ0v) is 11.7. The number of ether oxygens (including phenoxy) is 1. The normalized spacial score (nSPS) is 17.8. The Hall–Kier alpha value is -1.26. The van der Waals surface area contributed by atoms with Gasteiger partial charge in [0.1, 0.15) is 0 Å². The first kappa shape index (κ1) is 14.2. The second kappa shape index (κ2) is 6.78. The number of hydrogen-bond donors (Lipinski definition) is 2. The number of amides is 1. The van der Waals surface area contributed by atoms with Crippen molar-refractivity contribution in [3.63, 3.8) is 0 Å². The number of alkyl carbamates (subject to hydrolysis) is 1. The molecule has 1 unspecified atom stereocenters. The maximum atomic E-state index is 11.6. The van der Waals surface area contributed by atoms with Crippen molar-refractivity contribution in [2.75, 3.05) is 20.2 Å². The summed E-state index contributed by atoms with van der Waals surface area (Å²) in [6.07, 6.45) is 1.61. The SMILES string of the molecule is COC(=O)NC(c1ccccc1Cl)C1CCNCC1. The average molecular weight is 283 g/mol. The highest BCUT2D eigenvalue weighted by Crippen LogP contribution is 2.32. The Morgan fingerprint density at radius 1 is 1.42 bits per heavy atom. The molecule has 1 saturated heterocycles. The van der Waals surface area contributed by atoms with E-state index in [0.717, 1.165) is 31.5 Å². The molecule has 0 radical (unpaired) electrons. The molecular formula is C14H19ClN2O2. The number of carbonyl (C=O) groups excluding carboxylic acids is 1. The van der Waals surface area contributed by atoms with E-state index >= 15 is 0 Å². The van der Waals surface area contributed by atoms with Crippen molar-refractivity contribution < 1.29 is 9.53 Å². The van der Waals surface area contributed by atoms with Gasteiger partial charge in [0.15, 0.2) is 0 Å². The lowest BCUT2D eigenvalue weighted by molar-refractivity contribution is 0.158. The first-order valence-electron chi connectivity index (χ1n) is 6.52. The van der Waals surface area contributed by atoms with Gasteiger partial charge in [-0.25, -0.2) is 4.79 Å². The van der Waals surface area contributed by atoms with Gasteiger partial charge in [0, 0.05) is 5.02 Å². The summed E-state index contributed by atoms with van der Waals surface area (Å²) in [4.78, 5) is 11.6. The lowest BCUT2D eigenvalue weighted by atomic mass is 9.86. The van der Waals surface area contributed by atoms with Crippen LogP contribution in [0.1, 0.15) is 24.4 Å². The second-order valence-corrected chi connectivity index (χ2v) is 5.13. The topological polar surface area (TPSA) is 50.4 Å². The van der Waals surface area contributed by atoms with Gasteiger partial charge in [-0.1, -0.05) is 29.8 Å². The Kier molecular flexibility index (Phi) is 5.05. The highest BCUT2D eigenvalue weighted by molar-refractivity contribution is 6.31. The number of methoxy groups -OCH3 is 1. The van der Waals surface area contributed by atoms with E-state index in [-0.39, 0.29) is 6.04 Å². The number of piperidine rings is 1. The molecule has 0 aromatic heterocycles. The van der Waals surface area contributed by atoms with E-state index in [1.807, 2.05) is 24.3 Å². The molecule has 19 heavy (non-hydrogen) atoms. The quantitative estimate of drug-likeness (QED) is 0.896. The Bertz CT molecular complexity index is 433. The van der Waals surface area contributed by atoms with Crippen LogP contribution in [0.2, 0.25) is 5.02 Å². The molecule has 0 bridgehead atoms. The predicted octanol–water partition coefficient (Wildman–Crippen LogP) is 2.74. The first-order chi connectivity index (χ1) is 9.22. The molecule has 104 valence electrons. The third-order valence-electron chi connectivity index (χ3n) is 3.55. The molecular weight excluding hydrogens is 264 g/mol. The summed E-state index contributed by atoms with van der Waals surface area (Å²) in [5.74, 6) is 0.375. The molecule has 1 amide bonds. The van der Waals surface area contributed by atoms with Crippen molar-refractivity contribution in [1.29, 1.82) is 0 Å². The van der Waals surface area contributed by atoms with E-state index in [1.54, 1.807) is 0 Å². The fourth-order valence-electron chi connectivity index (χ4n) is 2.54. The van der Waals surface area contributed by atoms with Crippen LogP contribution < -0.4 is 10.6 Å². The van der Waals surface area contributed by atoms with Crippen LogP contribution in [-0.2, 0) is 4.74 Å². The maximum Gasteiger partial charge on any atom is 0.407 e. The Morgan fingerprint density at radius 3 is 2.74 bits per heavy atom. The zero-order valence-electron chi connectivity index (χ0n) is 11.0. The van der Waals surface area contributed by atoms with Gasteiger partial charge in [-0.15, -0.1) is 0 Å². The molecule has 1 fully saturated rings. The van der Waals surface area contributed by atoms with Crippen molar-refractivity contribution in [2.45, 2.75) is 18.9 Å². The largest absolute Gasteiger partial charge is 0.453 e. The van der Waals surface area contributed by atoms with Crippen LogP contribution in [0.3, 0.4) is 0 Å². The Labute approximate surface area is 118 Å². The van der Waals surface area contributed by atoms with Gasteiger partial charge in [0.25, 0.3) is 0 Å². The van der Waals surface area contributed by atoms with Gasteiger partial charge >= 0.3 is 6.09 Å². The molecule has 1 atom stereocenters. The highest BCUT2D eigenvalue weighted by Gasteiger charge is 2.28. The summed E-state index contributed by atoms with van der Waals surface area (Å²) in [6, 6.07) is 7.55. The number of hydrogen-bond acceptors (Lipinski definition) is 3. The van der Waals surface area contributed by atoms with E-state index in [9.17, 15) is 4.79 Å². The lowest BCUT2D eigenvalue weighted by Crippen LogP contribution is -2.39. The van der Waals surface area contributed by atoms with Gasteiger partial charge in [-0.3, -0.25) is 0 Å². The van der Waals surface area contributed by atoms with Gasteiger partial charge in [0.05, 0.1) is 13.2 Å². The smallest absolute Gasteiger partial charge is 0.407 e. The first-order valence-corrected chi connectivity index (χ1v) is 6.90. The molecule has 0 aliphatic carbocycles. The average Bonchev–Trinajstić information content (AvgIpc) is 2.46. The van der Waals surface area contributed by atoms with Crippen LogP contribution in [0.4, 0.5) is 4.79 Å². The number of nitrogens with one attached hydrogen (secondary N) is 2. The molecule has 1 heterocycles. The fraction of sp³-hybridized carbons (Fsp3) is 0.500. The van der Waals surface area contributed by atoms with E-state index in [0.29, 0.717) is 10.9 Å².